The van der Waals surface area contributed by atoms with Crippen LogP contribution in [0.1, 0.15) is 115 Å². The van der Waals surface area contributed by atoms with Crippen molar-refractivity contribution in [3.63, 3.8) is 0 Å². The van der Waals surface area contributed by atoms with E-state index in [4.69, 9.17) is 18.5 Å². The molecule has 0 fully saturated rings. The van der Waals surface area contributed by atoms with Gasteiger partial charge >= 0.3 is 19.8 Å². The summed E-state index contributed by atoms with van der Waals surface area (Å²) in [5.41, 5.74) is 1.15. The third kappa shape index (κ3) is 17.1. The molecule has 3 unspecified atom stereocenters. The lowest BCUT2D eigenvalue weighted by Crippen LogP contribution is -2.37. The summed E-state index contributed by atoms with van der Waals surface area (Å²) >= 11 is 7.76. The van der Waals surface area contributed by atoms with Gasteiger partial charge in [-0.15, -0.1) is 0 Å². The van der Waals surface area contributed by atoms with Gasteiger partial charge in [0.15, 0.2) is 6.10 Å². The van der Waals surface area contributed by atoms with Gasteiger partial charge in [0.25, 0.3) is 0 Å². The highest BCUT2D eigenvalue weighted by Crippen LogP contribution is 2.43. The number of benzene rings is 4. The molecule has 12 heteroatoms. The predicted octanol–water partition coefficient (Wildman–Crippen LogP) is 12.2. The number of aryl methyl sites for hydroxylation is 1. The number of hydrogen-bond acceptors (Lipinski definition) is 7. The van der Waals surface area contributed by atoms with Gasteiger partial charge in [0.2, 0.25) is 0 Å². The van der Waals surface area contributed by atoms with Crippen LogP contribution in [0.2, 0.25) is 0 Å². The summed E-state index contributed by atoms with van der Waals surface area (Å²) in [6.45, 7) is 2.02. The molecular weight excluding hydrogens is 885 g/mol. The first-order chi connectivity index (χ1) is 27.8. The zero-order chi connectivity index (χ0) is 42.0. The summed E-state index contributed by atoms with van der Waals surface area (Å²) in [6, 6.07) is 19.2. The highest BCUT2D eigenvalue weighted by atomic mass is 79.9. The van der Waals surface area contributed by atoms with E-state index in [1.165, 1.54) is 77.3 Å². The standard InChI is InChI=1S/C46H66Br2NO8P/c1-5-6-7-8-10-13-21-41(47)42(48)22-14-11-9-12-15-23-43(50)54-33-39(34-56-58(52,53)55-32-31-49(2,3)4)57-44(51)24-17-18-35-25-26-38-28-27-36-19-16-20-37-29-30-40(35)46(38)45(36)37/h16,19-20,25-30,39,41-42H,5-15,17-18,21-24,31-34H2,1-4H3/p+1/t39-,41?,42?/m1/s1. The number of carbonyl (C=O) groups is 2. The average molecular weight is 953 g/mol. The minimum absolute atomic E-state index is 0.00669. The van der Waals surface area contributed by atoms with E-state index in [2.05, 4.69) is 93.4 Å². The van der Waals surface area contributed by atoms with E-state index in [1.807, 2.05) is 21.1 Å². The number of unbranched alkanes of at least 4 members (excludes halogenated alkanes) is 9. The van der Waals surface area contributed by atoms with E-state index in [-0.39, 0.29) is 26.1 Å². The lowest BCUT2D eigenvalue weighted by molar-refractivity contribution is -0.870. The Kier molecular flexibility index (Phi) is 20.9. The number of hydrogen-bond donors (Lipinski definition) is 1. The molecule has 322 valence electrons. The number of alkyl halides is 2. The molecule has 1 N–H and O–H groups in total. The van der Waals surface area contributed by atoms with Gasteiger partial charge < -0.3 is 18.9 Å². The number of nitrogens with zero attached hydrogens (tertiary/aromatic N) is 1. The number of esters is 2. The van der Waals surface area contributed by atoms with E-state index in [9.17, 15) is 19.0 Å². The molecule has 4 rings (SSSR count). The summed E-state index contributed by atoms with van der Waals surface area (Å²) in [7, 11) is 1.39. The van der Waals surface area contributed by atoms with Crippen LogP contribution in [-0.2, 0) is 39.1 Å². The SMILES string of the molecule is CCCCCCCCC(Br)C(Br)CCCCCCCC(=O)OC[C@H](COP(=O)(O)OCC[N+](C)(C)C)OC(=O)CCCc1ccc2ccc3cccc4ccc1c2c34. The predicted molar refractivity (Wildman–Crippen MR) is 244 cm³/mol. The van der Waals surface area contributed by atoms with Crippen molar-refractivity contribution in [2.75, 3.05) is 47.5 Å². The second-order valence-electron chi connectivity index (χ2n) is 16.7. The van der Waals surface area contributed by atoms with Gasteiger partial charge in [0.1, 0.15) is 19.8 Å². The molecule has 0 heterocycles. The molecule has 4 atom stereocenters. The maximum Gasteiger partial charge on any atom is 0.472 e. The number of rotatable bonds is 30. The number of quaternary nitrogens is 1. The summed E-state index contributed by atoms with van der Waals surface area (Å²) in [5.74, 6) is -0.903. The zero-order valence-electron chi connectivity index (χ0n) is 35.2. The van der Waals surface area contributed by atoms with Crippen LogP contribution in [0.25, 0.3) is 32.3 Å². The summed E-state index contributed by atoms with van der Waals surface area (Å²) in [6.07, 6.45) is 15.6. The molecule has 0 aromatic heterocycles. The van der Waals surface area contributed by atoms with Crippen LogP contribution in [0.5, 0.6) is 0 Å². The van der Waals surface area contributed by atoms with Crippen LogP contribution in [-0.4, -0.2) is 84.6 Å². The van der Waals surface area contributed by atoms with Crippen LogP contribution >= 0.6 is 39.7 Å². The van der Waals surface area contributed by atoms with Gasteiger partial charge in [0.05, 0.1) is 27.7 Å². The number of likely N-dealkylation sites (N-methyl/N-ethyl adjacent to an activating group) is 1. The molecule has 0 spiro atoms. The number of phosphoric ester groups is 1. The molecule has 4 aromatic rings. The lowest BCUT2D eigenvalue weighted by atomic mass is 9.90. The average Bonchev–Trinajstić information content (AvgIpc) is 3.18. The molecule has 0 aliphatic rings. The minimum atomic E-state index is -4.43. The quantitative estimate of drug-likeness (QED) is 0.0137. The van der Waals surface area contributed by atoms with Gasteiger partial charge in [-0.3, -0.25) is 18.6 Å². The van der Waals surface area contributed by atoms with E-state index >= 15 is 0 Å². The Balaban J connectivity index is 1.20. The summed E-state index contributed by atoms with van der Waals surface area (Å²) < 4.78 is 34.7. The molecule has 0 aliphatic carbocycles. The van der Waals surface area contributed by atoms with E-state index in [0.717, 1.165) is 37.7 Å². The number of ether oxygens (including phenoxy) is 2. The Morgan fingerprint density at radius 2 is 1.26 bits per heavy atom. The van der Waals surface area contributed by atoms with E-state index in [0.29, 0.717) is 39.9 Å². The van der Waals surface area contributed by atoms with Crippen LogP contribution < -0.4 is 0 Å². The van der Waals surface area contributed by atoms with E-state index < -0.39 is 32.5 Å². The molecule has 0 amide bonds. The highest BCUT2D eigenvalue weighted by molar-refractivity contribution is 9.12. The normalized spacial score (nSPS) is 14.8. The number of carbonyl (C=O) groups excluding carboxylic acids is 2. The van der Waals surface area contributed by atoms with Crippen molar-refractivity contribution in [3.05, 3.63) is 60.2 Å². The molecular formula is C46H67Br2NO8P+. The second-order valence-corrected chi connectivity index (χ2v) is 20.5. The highest BCUT2D eigenvalue weighted by Gasteiger charge is 2.27. The maximum atomic E-state index is 13.1. The molecule has 0 saturated heterocycles. The fraction of sp³-hybridized carbons (Fsp3) is 0.609. The third-order valence-electron chi connectivity index (χ3n) is 10.7. The Labute approximate surface area is 363 Å². The first kappa shape index (κ1) is 48.6. The summed E-state index contributed by atoms with van der Waals surface area (Å²) in [5, 5.41) is 7.24. The van der Waals surface area contributed by atoms with Gasteiger partial charge in [-0.05, 0) is 70.0 Å². The summed E-state index contributed by atoms with van der Waals surface area (Å²) in [4.78, 5) is 37.1. The van der Waals surface area contributed by atoms with Gasteiger partial charge in [-0.2, -0.15) is 0 Å². The molecule has 0 radical (unpaired) electrons. The molecule has 9 nitrogen and oxygen atoms in total. The molecule has 58 heavy (non-hydrogen) atoms. The molecule has 0 bridgehead atoms. The Morgan fingerprint density at radius 1 is 0.690 bits per heavy atom. The monoisotopic (exact) mass is 950 g/mol. The largest absolute Gasteiger partial charge is 0.472 e. The van der Waals surface area contributed by atoms with Crippen molar-refractivity contribution >= 4 is 83.9 Å². The van der Waals surface area contributed by atoms with Crippen LogP contribution in [0, 0.1) is 0 Å². The molecule has 4 aromatic carbocycles. The Bertz CT molecular complexity index is 1870. The maximum absolute atomic E-state index is 13.1. The first-order valence-corrected chi connectivity index (χ1v) is 24.8. The number of halogens is 2. The van der Waals surface area contributed by atoms with Gasteiger partial charge in [-0.25, -0.2) is 4.57 Å². The second kappa shape index (κ2) is 25.0. The molecule has 0 saturated carbocycles. The van der Waals surface area contributed by atoms with Crippen molar-refractivity contribution in [3.8, 4) is 0 Å². The minimum Gasteiger partial charge on any atom is -0.462 e. The van der Waals surface area contributed by atoms with Crippen molar-refractivity contribution in [2.45, 2.75) is 132 Å². The topological polar surface area (TPSA) is 108 Å². The Morgan fingerprint density at radius 3 is 1.91 bits per heavy atom. The fourth-order valence-electron chi connectivity index (χ4n) is 7.32. The van der Waals surface area contributed by atoms with Gasteiger partial charge in [-0.1, -0.05) is 158 Å². The van der Waals surface area contributed by atoms with Crippen molar-refractivity contribution in [1.82, 2.24) is 0 Å². The van der Waals surface area contributed by atoms with Crippen molar-refractivity contribution < 1.29 is 42.1 Å². The van der Waals surface area contributed by atoms with Crippen LogP contribution in [0.15, 0.2) is 54.6 Å². The lowest BCUT2D eigenvalue weighted by Gasteiger charge is -2.24. The first-order valence-electron chi connectivity index (χ1n) is 21.5. The van der Waals surface area contributed by atoms with Crippen LogP contribution in [0.4, 0.5) is 0 Å². The van der Waals surface area contributed by atoms with E-state index in [1.54, 1.807) is 0 Å². The van der Waals surface area contributed by atoms with Gasteiger partial charge in [0, 0.05) is 22.5 Å². The fourth-order valence-corrected chi connectivity index (χ4v) is 9.24. The number of phosphoric acid groups is 1. The Hall–Kier alpha value is -2.11. The van der Waals surface area contributed by atoms with Crippen molar-refractivity contribution in [1.29, 1.82) is 0 Å². The smallest absolute Gasteiger partial charge is 0.462 e. The third-order valence-corrected chi connectivity index (χ3v) is 14.6. The molecule has 0 aliphatic heterocycles. The zero-order valence-corrected chi connectivity index (χ0v) is 39.3. The van der Waals surface area contributed by atoms with Crippen molar-refractivity contribution in [2.24, 2.45) is 0 Å². The van der Waals surface area contributed by atoms with Crippen LogP contribution in [0.3, 0.4) is 0 Å².